The van der Waals surface area contributed by atoms with Crippen molar-refractivity contribution in [2.45, 2.75) is 165 Å². The van der Waals surface area contributed by atoms with E-state index in [9.17, 15) is 25.9 Å². The van der Waals surface area contributed by atoms with E-state index in [4.69, 9.17) is 0 Å². The van der Waals surface area contributed by atoms with Crippen molar-refractivity contribution in [3.8, 4) is 0 Å². The molecule has 0 unspecified atom stereocenters. The van der Waals surface area contributed by atoms with Crippen molar-refractivity contribution in [2.75, 3.05) is 0 Å². The molecule has 0 spiro atoms. The fourth-order valence-electron chi connectivity index (χ4n) is 5.51. The Morgan fingerprint density at radius 2 is 0.667 bits per heavy atom. The van der Waals surface area contributed by atoms with Crippen LogP contribution in [0, 0.1) is 0 Å². The summed E-state index contributed by atoms with van der Waals surface area (Å²) in [4.78, 5) is -0.100. The smallest absolute Gasteiger partial charge is 0.744 e. The summed E-state index contributed by atoms with van der Waals surface area (Å²) in [6.45, 7) is 4.46. The Morgan fingerprint density at radius 1 is 0.422 bits per heavy atom. The van der Waals surface area contributed by atoms with E-state index in [1.54, 1.807) is 36.4 Å². The van der Waals surface area contributed by atoms with E-state index in [1.807, 2.05) is 0 Å². The molecule has 0 saturated heterocycles. The maximum Gasteiger partial charge on any atom is 2.00 e. The van der Waals surface area contributed by atoms with Gasteiger partial charge in [-0.25, -0.2) is 16.8 Å². The Bertz CT molecular complexity index is 1120. The minimum Gasteiger partial charge on any atom is -0.744 e. The van der Waals surface area contributed by atoms with Crippen LogP contribution in [0.4, 0.5) is 0 Å². The van der Waals surface area contributed by atoms with Gasteiger partial charge in [-0.2, -0.15) is 0 Å². The third-order valence-electron chi connectivity index (χ3n) is 8.08. The number of benzene rings is 2. The third kappa shape index (κ3) is 22.0. The number of unbranched alkanes of at least 4 members (excludes halogenated alkanes) is 18. The van der Waals surface area contributed by atoms with E-state index >= 15 is 0 Å². The zero-order chi connectivity index (χ0) is 32.5. The Balaban J connectivity index is 0.000000842. The second kappa shape index (κ2) is 26.8. The fourth-order valence-corrected chi connectivity index (χ4v) is 6.99. The first-order chi connectivity index (χ1) is 21.1. The second-order valence-electron chi connectivity index (χ2n) is 12.0. The van der Waals surface area contributed by atoms with E-state index in [-0.39, 0.29) is 26.3 Å². The molecule has 45 heavy (non-hydrogen) atoms. The minimum atomic E-state index is -4.35. The van der Waals surface area contributed by atoms with Crippen LogP contribution < -0.4 is 0 Å². The molecule has 0 N–H and O–H groups in total. The molecule has 0 atom stereocenters. The maximum atomic E-state index is 11.2. The average molecular weight is 710 g/mol. The van der Waals surface area contributed by atoms with Gasteiger partial charge in [0.05, 0.1) is 9.79 Å². The molecular formula is C36H58NiO6S2. The maximum absolute atomic E-state index is 11.2. The molecule has 2 aromatic carbocycles. The molecule has 2 rings (SSSR count). The van der Waals surface area contributed by atoms with E-state index in [2.05, 4.69) is 13.8 Å². The van der Waals surface area contributed by atoms with Gasteiger partial charge in [0.25, 0.3) is 0 Å². The molecule has 260 valence electrons. The first-order valence-electron chi connectivity index (χ1n) is 17.2. The normalized spacial score (nSPS) is 11.5. The predicted octanol–water partition coefficient (Wildman–Crippen LogP) is 10.1. The second-order valence-corrected chi connectivity index (χ2v) is 14.7. The van der Waals surface area contributed by atoms with Crippen LogP contribution >= 0.6 is 0 Å². The molecule has 0 aliphatic heterocycles. The third-order valence-corrected chi connectivity index (χ3v) is 9.96. The van der Waals surface area contributed by atoms with Crippen LogP contribution in [-0.2, 0) is 49.6 Å². The molecular weight excluding hydrogens is 651 g/mol. The predicted molar refractivity (Wildman–Crippen MR) is 180 cm³/mol. The van der Waals surface area contributed by atoms with Crippen molar-refractivity contribution >= 4 is 20.2 Å². The molecule has 0 aromatic heterocycles. The Hall–Kier alpha value is -1.25. The van der Waals surface area contributed by atoms with E-state index in [0.717, 1.165) is 25.7 Å². The van der Waals surface area contributed by atoms with Gasteiger partial charge in [-0.15, -0.1) is 0 Å². The van der Waals surface area contributed by atoms with Gasteiger partial charge in [-0.3, -0.25) is 0 Å². The van der Waals surface area contributed by atoms with Crippen LogP contribution in [0.5, 0.6) is 0 Å². The van der Waals surface area contributed by atoms with E-state index < -0.39 is 20.2 Å². The van der Waals surface area contributed by atoms with Crippen LogP contribution in [0.25, 0.3) is 0 Å². The summed E-state index contributed by atoms with van der Waals surface area (Å²) in [7, 11) is -8.69. The van der Waals surface area contributed by atoms with Crippen molar-refractivity contribution in [2.24, 2.45) is 0 Å². The number of hydrogen-bond donors (Lipinski definition) is 0. The zero-order valence-corrected chi connectivity index (χ0v) is 30.4. The minimum absolute atomic E-state index is 0. The Labute approximate surface area is 286 Å². The first-order valence-corrected chi connectivity index (χ1v) is 20.0. The van der Waals surface area contributed by atoms with E-state index in [0.29, 0.717) is 24.0 Å². The van der Waals surface area contributed by atoms with Gasteiger partial charge in [0.2, 0.25) is 0 Å². The summed E-state index contributed by atoms with van der Waals surface area (Å²) in [5, 5.41) is 0. The molecule has 0 aliphatic carbocycles. The average Bonchev–Trinajstić information content (AvgIpc) is 2.99. The molecule has 9 heteroatoms. The van der Waals surface area contributed by atoms with Crippen molar-refractivity contribution in [1.82, 2.24) is 0 Å². The van der Waals surface area contributed by atoms with Gasteiger partial charge >= 0.3 is 16.5 Å². The van der Waals surface area contributed by atoms with Gasteiger partial charge in [-0.05, 0) is 48.9 Å². The quantitative estimate of drug-likeness (QED) is 0.0609. The SMILES string of the molecule is CCCCCCCCCCCCc1ccccc1S(=O)(=O)[O-].CCCCCCCCCCCCc1ccccc1S(=O)(=O)[O-].[Ni+2]. The molecule has 0 fully saturated rings. The van der Waals surface area contributed by atoms with Crippen LogP contribution in [0.3, 0.4) is 0 Å². The summed E-state index contributed by atoms with van der Waals surface area (Å²) < 4.78 is 67.1. The standard InChI is InChI=1S/2C18H30O3S.Ni/c2*1-2-3-4-5-6-7-8-9-10-11-14-17-15-12-13-16-18(17)22(19,20)21;/h2*12-13,15-16H,2-11,14H2,1H3,(H,19,20,21);/q;;+2/p-2. The summed E-state index contributed by atoms with van der Waals surface area (Å²) in [6.07, 6.45) is 26.3. The van der Waals surface area contributed by atoms with Gasteiger partial charge in [0.15, 0.2) is 0 Å². The van der Waals surface area contributed by atoms with Crippen molar-refractivity contribution in [3.05, 3.63) is 59.7 Å². The largest absolute Gasteiger partial charge is 2.00 e. The molecule has 6 nitrogen and oxygen atoms in total. The van der Waals surface area contributed by atoms with Gasteiger partial charge < -0.3 is 9.11 Å². The first kappa shape index (κ1) is 43.8. The summed E-state index contributed by atoms with van der Waals surface area (Å²) in [5.74, 6) is 0. The molecule has 0 amide bonds. The van der Waals surface area contributed by atoms with Crippen LogP contribution in [0.1, 0.15) is 153 Å². The monoisotopic (exact) mass is 708 g/mol. The van der Waals surface area contributed by atoms with Crippen molar-refractivity contribution in [3.63, 3.8) is 0 Å². The molecule has 0 aliphatic rings. The Kier molecular flexibility index (Phi) is 26.0. The van der Waals surface area contributed by atoms with E-state index in [1.165, 1.54) is 115 Å². The summed E-state index contributed by atoms with van der Waals surface area (Å²) in [5.41, 5.74) is 1.33. The molecule has 2 aromatic rings. The van der Waals surface area contributed by atoms with Crippen molar-refractivity contribution in [1.29, 1.82) is 0 Å². The molecule has 0 bridgehead atoms. The van der Waals surface area contributed by atoms with Gasteiger partial charge in [-0.1, -0.05) is 166 Å². The molecule has 0 heterocycles. The van der Waals surface area contributed by atoms with Crippen LogP contribution in [0.15, 0.2) is 58.3 Å². The summed E-state index contributed by atoms with van der Waals surface area (Å²) in [6, 6.07) is 13.1. The topological polar surface area (TPSA) is 114 Å². The van der Waals surface area contributed by atoms with Gasteiger partial charge in [0, 0.05) is 0 Å². The molecule has 0 saturated carbocycles. The molecule has 0 radical (unpaired) electrons. The van der Waals surface area contributed by atoms with Crippen LogP contribution in [0.2, 0.25) is 0 Å². The van der Waals surface area contributed by atoms with Crippen molar-refractivity contribution < 1.29 is 42.4 Å². The fraction of sp³-hybridized carbons (Fsp3) is 0.667. The number of hydrogen-bond acceptors (Lipinski definition) is 6. The number of rotatable bonds is 24. The number of aryl methyl sites for hydroxylation is 2. The summed E-state index contributed by atoms with van der Waals surface area (Å²) >= 11 is 0. The Morgan fingerprint density at radius 3 is 0.933 bits per heavy atom. The van der Waals surface area contributed by atoms with Crippen LogP contribution in [-0.4, -0.2) is 25.9 Å². The van der Waals surface area contributed by atoms with Gasteiger partial charge in [0.1, 0.15) is 20.2 Å². The zero-order valence-electron chi connectivity index (χ0n) is 27.8.